The Balaban J connectivity index is 2.49. The Hall–Kier alpha value is -1.39. The van der Waals surface area contributed by atoms with Crippen LogP contribution < -0.4 is 0 Å². The lowest BCUT2D eigenvalue weighted by Crippen LogP contribution is -2.30. The average Bonchev–Trinajstić information content (AvgIpc) is 2.64. The minimum absolute atomic E-state index is 0.0203. The second kappa shape index (κ2) is 12.1. The summed E-state index contributed by atoms with van der Waals surface area (Å²) in [6.07, 6.45) is 1.90. The van der Waals surface area contributed by atoms with Gasteiger partial charge in [-0.15, -0.1) is 0 Å². The van der Waals surface area contributed by atoms with Crippen molar-refractivity contribution in [2.75, 3.05) is 7.11 Å². The molecular weight excluding hydrogens is 340 g/mol. The molecule has 4 heteroatoms. The largest absolute Gasteiger partial charge is 0.469 e. The zero-order valence-corrected chi connectivity index (χ0v) is 17.9. The van der Waals surface area contributed by atoms with Gasteiger partial charge in [0.15, 0.2) is 0 Å². The molecule has 1 aromatic rings. The maximum absolute atomic E-state index is 11.6. The lowest BCUT2D eigenvalue weighted by molar-refractivity contribution is -0.145. The molecule has 1 aromatic carbocycles. The number of aliphatic hydroxyl groups excluding tert-OH is 1. The molecule has 0 amide bonds. The van der Waals surface area contributed by atoms with Crippen LogP contribution in [-0.4, -0.2) is 30.4 Å². The van der Waals surface area contributed by atoms with E-state index in [0.29, 0.717) is 24.9 Å². The van der Waals surface area contributed by atoms with Crippen LogP contribution in [0.3, 0.4) is 0 Å². The molecule has 0 saturated heterocycles. The van der Waals surface area contributed by atoms with Gasteiger partial charge in [0.1, 0.15) is 0 Å². The van der Waals surface area contributed by atoms with E-state index in [1.54, 1.807) is 0 Å². The maximum atomic E-state index is 11.6. The number of esters is 1. The van der Waals surface area contributed by atoms with Crippen LogP contribution in [0.2, 0.25) is 0 Å². The van der Waals surface area contributed by atoms with Crippen LogP contribution in [0.25, 0.3) is 0 Å². The second-order valence-electron chi connectivity index (χ2n) is 8.36. The Kier molecular flexibility index (Phi) is 10.6. The molecule has 5 atom stereocenters. The minimum Gasteiger partial charge on any atom is -0.469 e. The van der Waals surface area contributed by atoms with Crippen molar-refractivity contribution >= 4 is 5.97 Å². The van der Waals surface area contributed by atoms with Gasteiger partial charge in [-0.3, -0.25) is 4.79 Å². The molecule has 1 N–H and O–H groups in total. The van der Waals surface area contributed by atoms with Crippen LogP contribution in [0, 0.1) is 23.7 Å². The number of ether oxygens (including phenoxy) is 2. The van der Waals surface area contributed by atoms with Crippen LogP contribution in [-0.2, 0) is 20.9 Å². The molecule has 0 saturated carbocycles. The van der Waals surface area contributed by atoms with Gasteiger partial charge in [0.2, 0.25) is 0 Å². The number of carbonyl (C=O) groups is 1. The highest BCUT2D eigenvalue weighted by Gasteiger charge is 2.25. The van der Waals surface area contributed by atoms with E-state index in [-0.39, 0.29) is 23.9 Å². The third-order valence-corrected chi connectivity index (χ3v) is 5.31. The van der Waals surface area contributed by atoms with Gasteiger partial charge < -0.3 is 14.6 Å². The highest BCUT2D eigenvalue weighted by atomic mass is 16.5. The van der Waals surface area contributed by atoms with Crippen molar-refractivity contribution in [3.8, 4) is 0 Å². The van der Waals surface area contributed by atoms with Gasteiger partial charge >= 0.3 is 5.97 Å². The van der Waals surface area contributed by atoms with Crippen LogP contribution >= 0.6 is 0 Å². The number of carbonyl (C=O) groups excluding carboxylic acids is 1. The molecular formula is C23H38O4. The zero-order chi connectivity index (χ0) is 20.4. The van der Waals surface area contributed by atoms with Gasteiger partial charge in [-0.25, -0.2) is 0 Å². The lowest BCUT2D eigenvalue weighted by atomic mass is 9.85. The summed E-state index contributed by atoms with van der Waals surface area (Å²) in [7, 11) is 1.43. The molecule has 0 unspecified atom stereocenters. The molecule has 0 spiro atoms. The van der Waals surface area contributed by atoms with Crippen LogP contribution in [0.15, 0.2) is 30.3 Å². The Labute approximate surface area is 165 Å². The molecule has 0 aliphatic heterocycles. The highest BCUT2D eigenvalue weighted by Crippen LogP contribution is 2.26. The molecule has 4 nitrogen and oxygen atoms in total. The monoisotopic (exact) mass is 378 g/mol. The summed E-state index contributed by atoms with van der Waals surface area (Å²) in [5, 5.41) is 10.7. The standard InChI is InChI=1S/C23H38O4/c1-16(2)22(27-15-20-10-8-7-9-11-20)14-21(24)18(4)12-17(3)13-19(5)23(25)26-6/h7-11,16-19,21-22,24H,12-15H2,1-6H3/t17-,18+,19-,21+,22-/m0/s1. The van der Waals surface area contributed by atoms with E-state index in [2.05, 4.69) is 39.8 Å². The summed E-state index contributed by atoms with van der Waals surface area (Å²) in [6.45, 7) is 10.9. The molecule has 1 rings (SSSR count). The first-order valence-electron chi connectivity index (χ1n) is 10.2. The van der Waals surface area contributed by atoms with E-state index in [1.165, 1.54) is 7.11 Å². The molecule has 0 aliphatic carbocycles. The van der Waals surface area contributed by atoms with Crippen LogP contribution in [0.5, 0.6) is 0 Å². The Morgan fingerprint density at radius 1 is 1.00 bits per heavy atom. The smallest absolute Gasteiger partial charge is 0.308 e. The summed E-state index contributed by atoms with van der Waals surface area (Å²) >= 11 is 0. The van der Waals surface area contributed by atoms with Gasteiger partial charge in [-0.05, 0) is 36.2 Å². The summed E-state index contributed by atoms with van der Waals surface area (Å²) in [6, 6.07) is 10.1. The van der Waals surface area contributed by atoms with Gasteiger partial charge in [-0.2, -0.15) is 0 Å². The summed E-state index contributed by atoms with van der Waals surface area (Å²) in [5.41, 5.74) is 1.15. The first kappa shape index (κ1) is 23.6. The van der Waals surface area contributed by atoms with E-state index < -0.39 is 6.10 Å². The van der Waals surface area contributed by atoms with Crippen molar-refractivity contribution in [2.45, 2.75) is 72.7 Å². The summed E-state index contributed by atoms with van der Waals surface area (Å²) < 4.78 is 10.9. The fourth-order valence-corrected chi connectivity index (χ4v) is 3.57. The van der Waals surface area contributed by atoms with Crippen molar-refractivity contribution in [1.82, 2.24) is 0 Å². The van der Waals surface area contributed by atoms with E-state index >= 15 is 0 Å². The van der Waals surface area contributed by atoms with Gasteiger partial charge in [0, 0.05) is 6.42 Å². The van der Waals surface area contributed by atoms with Crippen molar-refractivity contribution < 1.29 is 19.4 Å². The van der Waals surface area contributed by atoms with Gasteiger partial charge in [-0.1, -0.05) is 65.0 Å². The number of hydrogen-bond donors (Lipinski definition) is 1. The Morgan fingerprint density at radius 2 is 1.63 bits per heavy atom. The third kappa shape index (κ3) is 8.89. The molecule has 0 aliphatic rings. The lowest BCUT2D eigenvalue weighted by Gasteiger charge is -2.29. The molecule has 0 radical (unpaired) electrons. The number of methoxy groups -OCH3 is 1. The minimum atomic E-state index is -0.413. The second-order valence-corrected chi connectivity index (χ2v) is 8.36. The molecule has 0 heterocycles. The number of benzene rings is 1. The average molecular weight is 379 g/mol. The molecule has 0 aromatic heterocycles. The van der Waals surface area contributed by atoms with E-state index in [1.807, 2.05) is 25.1 Å². The van der Waals surface area contributed by atoms with Crippen molar-refractivity contribution in [1.29, 1.82) is 0 Å². The van der Waals surface area contributed by atoms with E-state index in [0.717, 1.165) is 18.4 Å². The molecule has 0 fully saturated rings. The Morgan fingerprint density at radius 3 is 2.19 bits per heavy atom. The topological polar surface area (TPSA) is 55.8 Å². The SMILES string of the molecule is COC(=O)[C@@H](C)C[C@@H](C)C[C@@H](C)[C@H](O)C[C@H](OCc1ccccc1)C(C)C. The van der Waals surface area contributed by atoms with Crippen LogP contribution in [0.1, 0.15) is 59.4 Å². The predicted molar refractivity (Wildman–Crippen MR) is 109 cm³/mol. The van der Waals surface area contributed by atoms with Gasteiger partial charge in [0.05, 0.1) is 31.8 Å². The normalized spacial score (nSPS) is 17.2. The molecule has 0 bridgehead atoms. The first-order valence-corrected chi connectivity index (χ1v) is 10.2. The maximum Gasteiger partial charge on any atom is 0.308 e. The summed E-state index contributed by atoms with van der Waals surface area (Å²) in [4.78, 5) is 11.6. The highest BCUT2D eigenvalue weighted by molar-refractivity contribution is 5.71. The van der Waals surface area contributed by atoms with Crippen LogP contribution in [0.4, 0.5) is 0 Å². The Bertz CT molecular complexity index is 528. The van der Waals surface area contributed by atoms with E-state index in [4.69, 9.17) is 9.47 Å². The fourth-order valence-electron chi connectivity index (χ4n) is 3.57. The molecule has 27 heavy (non-hydrogen) atoms. The zero-order valence-electron chi connectivity index (χ0n) is 17.9. The fraction of sp³-hybridized carbons (Fsp3) is 0.696. The van der Waals surface area contributed by atoms with Crippen molar-refractivity contribution in [2.24, 2.45) is 23.7 Å². The molecule has 154 valence electrons. The third-order valence-electron chi connectivity index (χ3n) is 5.31. The summed E-state index contributed by atoms with van der Waals surface area (Å²) in [5.74, 6) is 0.585. The van der Waals surface area contributed by atoms with Crippen molar-refractivity contribution in [3.63, 3.8) is 0 Å². The van der Waals surface area contributed by atoms with E-state index in [9.17, 15) is 9.90 Å². The number of aliphatic hydroxyl groups is 1. The first-order chi connectivity index (χ1) is 12.7. The van der Waals surface area contributed by atoms with Gasteiger partial charge in [0.25, 0.3) is 0 Å². The predicted octanol–water partition coefficient (Wildman–Crippen LogP) is 4.84. The quantitative estimate of drug-likeness (QED) is 0.529. The van der Waals surface area contributed by atoms with Crippen molar-refractivity contribution in [3.05, 3.63) is 35.9 Å². The number of hydrogen-bond acceptors (Lipinski definition) is 4. The number of rotatable bonds is 12.